The maximum Gasteiger partial charge on any atom is 0.319 e. The molecule has 1 aromatic carbocycles. The topological polar surface area (TPSA) is 60.4 Å². The summed E-state index contributed by atoms with van der Waals surface area (Å²) in [5.41, 5.74) is -0.747. The second-order valence-electron chi connectivity index (χ2n) is 8.65. The van der Waals surface area contributed by atoms with E-state index in [0.29, 0.717) is 5.56 Å². The SMILES string of the molecule is CC1(C)C(=O)O[C@@H](C(=O)c2ccc(C(C)(C)C)cc2)C(C)(C)C1=O. The molecule has 4 nitrogen and oxygen atoms in total. The monoisotopic (exact) mass is 330 g/mol. The molecule has 0 unspecified atom stereocenters. The van der Waals surface area contributed by atoms with Gasteiger partial charge in [-0.25, -0.2) is 0 Å². The predicted octanol–water partition coefficient (Wildman–Crippen LogP) is 3.71. The highest BCUT2D eigenvalue weighted by Crippen LogP contribution is 2.41. The Bertz CT molecular complexity index is 687. The van der Waals surface area contributed by atoms with Gasteiger partial charge in [-0.3, -0.25) is 14.4 Å². The molecule has 1 aliphatic heterocycles. The number of Topliss-reactive ketones (excluding diaryl/α,β-unsaturated/α-hetero) is 2. The van der Waals surface area contributed by atoms with Crippen molar-refractivity contribution in [2.75, 3.05) is 0 Å². The minimum absolute atomic E-state index is 0.0157. The Morgan fingerprint density at radius 1 is 1.00 bits per heavy atom. The van der Waals surface area contributed by atoms with E-state index in [4.69, 9.17) is 4.74 Å². The molecule has 0 amide bonds. The molecule has 4 heteroatoms. The molecule has 1 saturated heterocycles. The average Bonchev–Trinajstić information content (AvgIpc) is 2.48. The van der Waals surface area contributed by atoms with Gasteiger partial charge in [0.2, 0.25) is 5.78 Å². The highest BCUT2D eigenvalue weighted by Gasteiger charge is 2.57. The lowest BCUT2D eigenvalue weighted by atomic mass is 9.67. The van der Waals surface area contributed by atoms with Crippen LogP contribution in [0.4, 0.5) is 0 Å². The van der Waals surface area contributed by atoms with Crippen molar-refractivity contribution >= 4 is 17.5 Å². The third-order valence-electron chi connectivity index (χ3n) is 4.82. The predicted molar refractivity (Wildman–Crippen MR) is 91.9 cm³/mol. The molecule has 0 aromatic heterocycles. The van der Waals surface area contributed by atoms with Crippen molar-refractivity contribution in [1.82, 2.24) is 0 Å². The molecule has 0 N–H and O–H groups in total. The third-order valence-corrected chi connectivity index (χ3v) is 4.82. The highest BCUT2D eigenvalue weighted by atomic mass is 16.6. The summed E-state index contributed by atoms with van der Waals surface area (Å²) in [7, 11) is 0. The molecule has 1 aliphatic rings. The minimum atomic E-state index is -1.23. The average molecular weight is 330 g/mol. The van der Waals surface area contributed by atoms with Gasteiger partial charge in [-0.2, -0.15) is 0 Å². The molecule has 1 atom stereocenters. The summed E-state index contributed by atoms with van der Waals surface area (Å²) >= 11 is 0. The van der Waals surface area contributed by atoms with Gasteiger partial charge in [0.1, 0.15) is 5.41 Å². The van der Waals surface area contributed by atoms with Crippen LogP contribution in [0.15, 0.2) is 24.3 Å². The Labute approximate surface area is 143 Å². The number of hydrogen-bond donors (Lipinski definition) is 0. The van der Waals surface area contributed by atoms with Crippen molar-refractivity contribution < 1.29 is 19.1 Å². The fraction of sp³-hybridized carbons (Fsp3) is 0.550. The van der Waals surface area contributed by atoms with Gasteiger partial charge in [0.15, 0.2) is 11.9 Å². The van der Waals surface area contributed by atoms with Crippen LogP contribution in [0, 0.1) is 10.8 Å². The van der Waals surface area contributed by atoms with Crippen LogP contribution in [0.5, 0.6) is 0 Å². The standard InChI is InChI=1S/C20H26O4/c1-18(2,3)13-10-8-12(9-11-13)14(21)15-19(4,5)16(22)20(6,7)17(23)24-15/h8-11,15H,1-7H3/t15-/m0/s1. The first-order valence-corrected chi connectivity index (χ1v) is 8.20. The molecule has 1 aromatic rings. The molecule has 0 saturated carbocycles. The van der Waals surface area contributed by atoms with E-state index in [2.05, 4.69) is 20.8 Å². The van der Waals surface area contributed by atoms with E-state index >= 15 is 0 Å². The van der Waals surface area contributed by atoms with Crippen molar-refractivity contribution in [3.8, 4) is 0 Å². The molecule has 1 heterocycles. The Morgan fingerprint density at radius 2 is 1.50 bits per heavy atom. The molecular formula is C20H26O4. The van der Waals surface area contributed by atoms with E-state index in [1.54, 1.807) is 26.0 Å². The van der Waals surface area contributed by atoms with Crippen molar-refractivity contribution in [2.24, 2.45) is 10.8 Å². The van der Waals surface area contributed by atoms with Crippen LogP contribution in [0.3, 0.4) is 0 Å². The van der Waals surface area contributed by atoms with Gasteiger partial charge >= 0.3 is 5.97 Å². The number of carbonyl (C=O) groups is 3. The Balaban J connectivity index is 2.36. The van der Waals surface area contributed by atoms with Gasteiger partial charge in [-0.05, 0) is 38.7 Å². The van der Waals surface area contributed by atoms with Crippen molar-refractivity contribution in [2.45, 2.75) is 60.0 Å². The fourth-order valence-corrected chi connectivity index (χ4v) is 3.09. The van der Waals surface area contributed by atoms with E-state index in [9.17, 15) is 14.4 Å². The van der Waals surface area contributed by atoms with Crippen molar-refractivity contribution in [1.29, 1.82) is 0 Å². The summed E-state index contributed by atoms with van der Waals surface area (Å²) < 4.78 is 5.39. The summed E-state index contributed by atoms with van der Waals surface area (Å²) in [5, 5.41) is 0. The minimum Gasteiger partial charge on any atom is -0.452 e. The number of rotatable bonds is 2. The number of ether oxygens (including phenoxy) is 1. The number of esters is 1. The Hall–Kier alpha value is -1.97. The van der Waals surface area contributed by atoms with Gasteiger partial charge in [0.05, 0.1) is 5.41 Å². The first-order chi connectivity index (χ1) is 10.8. The largest absolute Gasteiger partial charge is 0.452 e. The molecule has 0 bridgehead atoms. The van der Waals surface area contributed by atoms with Crippen LogP contribution in [0.25, 0.3) is 0 Å². The highest BCUT2D eigenvalue weighted by molar-refractivity contribution is 6.13. The maximum atomic E-state index is 12.8. The van der Waals surface area contributed by atoms with Gasteiger partial charge in [0.25, 0.3) is 0 Å². The summed E-state index contributed by atoms with van der Waals surface area (Å²) in [6, 6.07) is 7.27. The first-order valence-electron chi connectivity index (χ1n) is 8.20. The number of cyclic esters (lactones) is 1. The summed E-state index contributed by atoms with van der Waals surface area (Å²) in [6.45, 7) is 12.7. The van der Waals surface area contributed by atoms with Crippen LogP contribution < -0.4 is 0 Å². The lowest BCUT2D eigenvalue weighted by molar-refractivity contribution is -0.181. The smallest absolute Gasteiger partial charge is 0.319 e. The number of carbonyl (C=O) groups excluding carboxylic acids is 3. The molecule has 0 aliphatic carbocycles. The number of benzene rings is 1. The van der Waals surface area contributed by atoms with Gasteiger partial charge in [-0.15, -0.1) is 0 Å². The normalized spacial score (nSPS) is 22.9. The molecule has 24 heavy (non-hydrogen) atoms. The molecule has 1 fully saturated rings. The zero-order valence-electron chi connectivity index (χ0n) is 15.5. The second kappa shape index (κ2) is 5.54. The zero-order chi connectivity index (χ0) is 18.5. The fourth-order valence-electron chi connectivity index (χ4n) is 3.09. The summed E-state index contributed by atoms with van der Waals surface area (Å²) in [6.07, 6.45) is -1.09. The van der Waals surface area contributed by atoms with E-state index in [1.165, 1.54) is 13.8 Å². The van der Waals surface area contributed by atoms with Gasteiger partial charge in [-0.1, -0.05) is 45.0 Å². The molecule has 0 radical (unpaired) electrons. The van der Waals surface area contributed by atoms with Gasteiger partial charge < -0.3 is 4.74 Å². The zero-order valence-corrected chi connectivity index (χ0v) is 15.5. The lowest BCUT2D eigenvalue weighted by Crippen LogP contribution is -2.58. The van der Waals surface area contributed by atoms with Crippen LogP contribution in [-0.4, -0.2) is 23.6 Å². The molecule has 2 rings (SSSR count). The third kappa shape index (κ3) is 2.90. The van der Waals surface area contributed by atoms with Crippen molar-refractivity contribution in [3.05, 3.63) is 35.4 Å². The maximum absolute atomic E-state index is 12.8. The quantitative estimate of drug-likeness (QED) is 0.471. The Kier molecular flexibility index (Phi) is 4.24. The second-order valence-corrected chi connectivity index (χ2v) is 8.65. The van der Waals surface area contributed by atoms with E-state index < -0.39 is 22.9 Å². The lowest BCUT2D eigenvalue weighted by Gasteiger charge is -2.42. The van der Waals surface area contributed by atoms with Crippen molar-refractivity contribution in [3.63, 3.8) is 0 Å². The molecule has 130 valence electrons. The van der Waals surface area contributed by atoms with Gasteiger partial charge in [0, 0.05) is 5.56 Å². The van der Waals surface area contributed by atoms with Crippen LogP contribution in [-0.2, 0) is 19.7 Å². The van der Waals surface area contributed by atoms with Crippen LogP contribution >= 0.6 is 0 Å². The summed E-state index contributed by atoms with van der Waals surface area (Å²) in [4.78, 5) is 37.7. The first kappa shape index (κ1) is 18.4. The van der Waals surface area contributed by atoms with Crippen LogP contribution in [0.2, 0.25) is 0 Å². The molecule has 0 spiro atoms. The van der Waals surface area contributed by atoms with E-state index in [0.717, 1.165) is 5.56 Å². The summed E-state index contributed by atoms with van der Waals surface area (Å²) in [5.74, 6) is -1.25. The van der Waals surface area contributed by atoms with Crippen LogP contribution in [0.1, 0.15) is 64.4 Å². The van der Waals surface area contributed by atoms with E-state index in [1.807, 2.05) is 12.1 Å². The molecular weight excluding hydrogens is 304 g/mol. The van der Waals surface area contributed by atoms with E-state index in [-0.39, 0.29) is 17.0 Å². The number of ketones is 2. The Morgan fingerprint density at radius 3 is 1.96 bits per heavy atom. The number of hydrogen-bond acceptors (Lipinski definition) is 4.